The molecule has 0 fully saturated rings. The number of pyridine rings is 1. The van der Waals surface area contributed by atoms with Crippen LogP contribution in [0.5, 0.6) is 0 Å². The molecule has 2 heterocycles. The van der Waals surface area contributed by atoms with Gasteiger partial charge >= 0.3 is 0 Å². The second-order valence-electron chi connectivity index (χ2n) is 4.22. The molecule has 3 nitrogen and oxygen atoms in total. The summed E-state index contributed by atoms with van der Waals surface area (Å²) in [4.78, 5) is 4.42. The molecule has 86 valence electrons. The fourth-order valence-electron chi connectivity index (χ4n) is 2.07. The standard InChI is InChI=1S/C15H11N3/c1-11-7-8-14-13(9-16)17-15(18(14)10-11)12-5-3-2-4-6-12/h2-8,10H,1H3. The highest BCUT2D eigenvalue weighted by Crippen LogP contribution is 2.22. The van der Waals surface area contributed by atoms with Crippen LogP contribution >= 0.6 is 0 Å². The summed E-state index contributed by atoms with van der Waals surface area (Å²) < 4.78 is 1.98. The molecular weight excluding hydrogens is 222 g/mol. The van der Waals surface area contributed by atoms with Gasteiger partial charge in [0, 0.05) is 11.8 Å². The van der Waals surface area contributed by atoms with E-state index in [2.05, 4.69) is 11.1 Å². The Labute approximate surface area is 105 Å². The van der Waals surface area contributed by atoms with Crippen molar-refractivity contribution in [3.05, 3.63) is 59.9 Å². The monoisotopic (exact) mass is 233 g/mol. The lowest BCUT2D eigenvalue weighted by atomic mass is 10.2. The van der Waals surface area contributed by atoms with E-state index in [0.29, 0.717) is 5.69 Å². The molecule has 0 aliphatic carbocycles. The van der Waals surface area contributed by atoms with Crippen molar-refractivity contribution in [2.45, 2.75) is 6.92 Å². The molecule has 0 aliphatic rings. The van der Waals surface area contributed by atoms with E-state index in [4.69, 9.17) is 5.26 Å². The first kappa shape index (κ1) is 10.5. The van der Waals surface area contributed by atoms with Crippen molar-refractivity contribution in [3.8, 4) is 17.5 Å². The van der Waals surface area contributed by atoms with E-state index < -0.39 is 0 Å². The highest BCUT2D eigenvalue weighted by atomic mass is 15.0. The van der Waals surface area contributed by atoms with Gasteiger partial charge in [0.25, 0.3) is 0 Å². The fourth-order valence-corrected chi connectivity index (χ4v) is 2.07. The summed E-state index contributed by atoms with van der Waals surface area (Å²) in [6.45, 7) is 2.03. The number of rotatable bonds is 1. The lowest BCUT2D eigenvalue weighted by Crippen LogP contribution is -1.89. The van der Waals surface area contributed by atoms with Crippen LogP contribution in [-0.2, 0) is 0 Å². The summed E-state index contributed by atoms with van der Waals surface area (Å²) in [5, 5.41) is 9.14. The van der Waals surface area contributed by atoms with Gasteiger partial charge in [0.05, 0.1) is 5.52 Å². The molecule has 0 unspecified atom stereocenters. The number of nitriles is 1. The Hall–Kier alpha value is -2.60. The van der Waals surface area contributed by atoms with Gasteiger partial charge in [0.2, 0.25) is 0 Å². The molecule has 0 saturated carbocycles. The lowest BCUT2D eigenvalue weighted by molar-refractivity contribution is 1.14. The van der Waals surface area contributed by atoms with Gasteiger partial charge in [0.1, 0.15) is 11.9 Å². The number of aromatic nitrogens is 2. The van der Waals surface area contributed by atoms with E-state index in [1.54, 1.807) is 0 Å². The van der Waals surface area contributed by atoms with Crippen molar-refractivity contribution >= 4 is 5.52 Å². The third-order valence-electron chi connectivity index (χ3n) is 2.92. The van der Waals surface area contributed by atoms with Crippen LogP contribution in [0.4, 0.5) is 0 Å². The summed E-state index contributed by atoms with van der Waals surface area (Å²) >= 11 is 0. The number of nitrogens with zero attached hydrogens (tertiary/aromatic N) is 3. The molecule has 0 radical (unpaired) electrons. The van der Waals surface area contributed by atoms with Gasteiger partial charge in [-0.15, -0.1) is 0 Å². The Morgan fingerprint density at radius 2 is 1.89 bits per heavy atom. The molecule has 3 aromatic rings. The zero-order valence-electron chi connectivity index (χ0n) is 9.96. The maximum absolute atomic E-state index is 9.14. The highest BCUT2D eigenvalue weighted by Gasteiger charge is 2.11. The van der Waals surface area contributed by atoms with Crippen molar-refractivity contribution in [2.75, 3.05) is 0 Å². The molecule has 3 heteroatoms. The highest BCUT2D eigenvalue weighted by molar-refractivity contribution is 5.68. The predicted molar refractivity (Wildman–Crippen MR) is 70.1 cm³/mol. The topological polar surface area (TPSA) is 41.1 Å². The smallest absolute Gasteiger partial charge is 0.166 e. The summed E-state index contributed by atoms with van der Waals surface area (Å²) in [5.74, 6) is 0.811. The SMILES string of the molecule is Cc1ccc2c(C#N)nc(-c3ccccc3)n2c1. The molecule has 0 N–H and O–H groups in total. The molecule has 0 spiro atoms. The van der Waals surface area contributed by atoms with Gasteiger partial charge in [-0.3, -0.25) is 4.40 Å². The molecule has 0 amide bonds. The number of benzene rings is 1. The third kappa shape index (κ3) is 1.56. The Balaban J connectivity index is 2.37. The van der Waals surface area contributed by atoms with Crippen LogP contribution < -0.4 is 0 Å². The second kappa shape index (κ2) is 4.01. The van der Waals surface area contributed by atoms with Crippen LogP contribution in [0.1, 0.15) is 11.3 Å². The summed E-state index contributed by atoms with van der Waals surface area (Å²) in [6.07, 6.45) is 2.01. The van der Waals surface area contributed by atoms with E-state index in [9.17, 15) is 0 Å². The minimum atomic E-state index is 0.467. The summed E-state index contributed by atoms with van der Waals surface area (Å²) in [5.41, 5.74) is 3.47. The summed E-state index contributed by atoms with van der Waals surface area (Å²) in [7, 11) is 0. The number of hydrogen-bond donors (Lipinski definition) is 0. The van der Waals surface area contributed by atoms with Crippen molar-refractivity contribution in [1.82, 2.24) is 9.38 Å². The van der Waals surface area contributed by atoms with E-state index in [0.717, 1.165) is 22.5 Å². The molecule has 0 saturated heterocycles. The van der Waals surface area contributed by atoms with E-state index in [-0.39, 0.29) is 0 Å². The average molecular weight is 233 g/mol. The van der Waals surface area contributed by atoms with Crippen molar-refractivity contribution < 1.29 is 0 Å². The number of imidazole rings is 1. The van der Waals surface area contributed by atoms with Gasteiger partial charge in [0.15, 0.2) is 5.69 Å². The molecule has 0 aliphatic heterocycles. The van der Waals surface area contributed by atoms with Gasteiger partial charge in [-0.25, -0.2) is 4.98 Å². The maximum Gasteiger partial charge on any atom is 0.166 e. The first-order chi connectivity index (χ1) is 8.79. The fraction of sp³-hybridized carbons (Fsp3) is 0.0667. The minimum Gasteiger partial charge on any atom is -0.298 e. The number of hydrogen-bond acceptors (Lipinski definition) is 2. The quantitative estimate of drug-likeness (QED) is 0.647. The van der Waals surface area contributed by atoms with Crippen molar-refractivity contribution in [2.24, 2.45) is 0 Å². The van der Waals surface area contributed by atoms with Gasteiger partial charge < -0.3 is 0 Å². The molecule has 18 heavy (non-hydrogen) atoms. The van der Waals surface area contributed by atoms with E-state index >= 15 is 0 Å². The lowest BCUT2D eigenvalue weighted by Gasteiger charge is -2.01. The molecular formula is C15H11N3. The van der Waals surface area contributed by atoms with Crippen LogP contribution in [-0.4, -0.2) is 9.38 Å². The minimum absolute atomic E-state index is 0.467. The third-order valence-corrected chi connectivity index (χ3v) is 2.92. The molecule has 2 aromatic heterocycles. The van der Waals surface area contributed by atoms with Gasteiger partial charge in [-0.2, -0.15) is 5.26 Å². The number of aryl methyl sites for hydroxylation is 1. The van der Waals surface area contributed by atoms with Crippen molar-refractivity contribution in [1.29, 1.82) is 5.26 Å². The number of fused-ring (bicyclic) bond motifs is 1. The second-order valence-corrected chi connectivity index (χ2v) is 4.22. The summed E-state index contributed by atoms with van der Waals surface area (Å²) in [6, 6.07) is 16.0. The largest absolute Gasteiger partial charge is 0.298 e. The first-order valence-corrected chi connectivity index (χ1v) is 5.74. The molecule has 3 rings (SSSR count). The van der Waals surface area contributed by atoms with Crippen LogP contribution in [0, 0.1) is 18.3 Å². The molecule has 0 atom stereocenters. The van der Waals surface area contributed by atoms with Crippen LogP contribution in [0.15, 0.2) is 48.7 Å². The zero-order chi connectivity index (χ0) is 12.5. The normalized spacial score (nSPS) is 10.4. The Morgan fingerprint density at radius 3 is 2.61 bits per heavy atom. The maximum atomic E-state index is 9.14. The predicted octanol–water partition coefficient (Wildman–Crippen LogP) is 3.18. The first-order valence-electron chi connectivity index (χ1n) is 5.74. The Kier molecular flexibility index (Phi) is 2.35. The van der Waals surface area contributed by atoms with Crippen LogP contribution in [0.25, 0.3) is 16.9 Å². The van der Waals surface area contributed by atoms with Gasteiger partial charge in [-0.05, 0) is 18.6 Å². The van der Waals surface area contributed by atoms with Crippen LogP contribution in [0.3, 0.4) is 0 Å². The molecule has 0 bridgehead atoms. The van der Waals surface area contributed by atoms with E-state index in [1.807, 2.05) is 60.0 Å². The van der Waals surface area contributed by atoms with Crippen molar-refractivity contribution in [3.63, 3.8) is 0 Å². The van der Waals surface area contributed by atoms with Gasteiger partial charge in [-0.1, -0.05) is 36.4 Å². The Morgan fingerprint density at radius 1 is 1.11 bits per heavy atom. The Bertz CT molecular complexity index is 748. The van der Waals surface area contributed by atoms with E-state index in [1.165, 1.54) is 0 Å². The van der Waals surface area contributed by atoms with Crippen LogP contribution in [0.2, 0.25) is 0 Å². The zero-order valence-corrected chi connectivity index (χ0v) is 9.96. The molecule has 1 aromatic carbocycles. The average Bonchev–Trinajstić information content (AvgIpc) is 2.77.